The molecule has 0 aromatic heterocycles. The van der Waals surface area contributed by atoms with Gasteiger partial charge in [0, 0.05) is 9.80 Å². The van der Waals surface area contributed by atoms with Crippen LogP contribution in [0.2, 0.25) is 0 Å². The summed E-state index contributed by atoms with van der Waals surface area (Å²) >= 11 is 9.04. The van der Waals surface area contributed by atoms with E-state index in [4.69, 9.17) is 0 Å². The van der Waals surface area contributed by atoms with Crippen LogP contribution in [0, 0.1) is 5.92 Å². The summed E-state index contributed by atoms with van der Waals surface area (Å²) in [6, 6.07) is 8.61. The van der Waals surface area contributed by atoms with Crippen molar-refractivity contribution in [2.24, 2.45) is 5.92 Å². The Hall–Kier alpha value is 0.530. The number of alkyl halides is 1. The van der Waals surface area contributed by atoms with Crippen molar-refractivity contribution in [1.82, 2.24) is 0 Å². The van der Waals surface area contributed by atoms with Crippen LogP contribution in [0.4, 0.5) is 0 Å². The lowest BCUT2D eigenvalue weighted by atomic mass is 9.99. The number of thioether (sulfide) groups is 1. The number of hydrogen-bond acceptors (Lipinski definition) is 1. The predicted molar refractivity (Wildman–Crippen MR) is 78.1 cm³/mol. The molecule has 0 nitrogen and oxygen atoms in total. The van der Waals surface area contributed by atoms with Crippen LogP contribution in [0.5, 0.6) is 0 Å². The summed E-state index contributed by atoms with van der Waals surface area (Å²) in [4.78, 5) is 0. The van der Waals surface area contributed by atoms with Gasteiger partial charge >= 0.3 is 0 Å². The Morgan fingerprint density at radius 3 is 2.80 bits per heavy atom. The first kappa shape index (κ1) is 13.6. The van der Waals surface area contributed by atoms with Crippen LogP contribution >= 0.6 is 43.6 Å². The monoisotopic (exact) mass is 350 g/mol. The summed E-state index contributed by atoms with van der Waals surface area (Å²) in [5, 5.41) is 1.10. The maximum Gasteiger partial charge on any atom is 0.0177 e. The molecule has 1 aromatic carbocycles. The third-order valence-electron chi connectivity index (χ3n) is 2.36. The third-order valence-corrected chi connectivity index (χ3v) is 4.41. The molecular weight excluding hydrogens is 336 g/mol. The summed E-state index contributed by atoms with van der Waals surface area (Å²) in [5.41, 5.74) is 1.43. The quantitative estimate of drug-likeness (QED) is 0.666. The van der Waals surface area contributed by atoms with Crippen LogP contribution in [0.3, 0.4) is 0 Å². The second-order valence-electron chi connectivity index (χ2n) is 3.64. The zero-order valence-corrected chi connectivity index (χ0v) is 12.9. The molecule has 15 heavy (non-hydrogen) atoms. The highest BCUT2D eigenvalue weighted by molar-refractivity contribution is 9.10. The van der Waals surface area contributed by atoms with Gasteiger partial charge in [0.15, 0.2) is 0 Å². The lowest BCUT2D eigenvalue weighted by Gasteiger charge is -2.13. The molecule has 0 aliphatic carbocycles. The third kappa shape index (κ3) is 5.41. The number of benzene rings is 1. The zero-order valence-electron chi connectivity index (χ0n) is 8.88. The van der Waals surface area contributed by atoms with Crippen LogP contribution in [-0.4, -0.2) is 17.3 Å². The van der Waals surface area contributed by atoms with Gasteiger partial charge in [-0.3, -0.25) is 0 Å². The van der Waals surface area contributed by atoms with Crippen LogP contribution in [0.25, 0.3) is 0 Å². The number of halogens is 2. The molecule has 1 atom stereocenters. The molecule has 0 fully saturated rings. The predicted octanol–water partition coefficient (Wildman–Crippen LogP) is 4.76. The molecule has 1 rings (SSSR count). The summed E-state index contributed by atoms with van der Waals surface area (Å²) in [6.45, 7) is 0. The first-order chi connectivity index (χ1) is 7.26. The van der Waals surface area contributed by atoms with E-state index in [1.807, 2.05) is 11.8 Å². The lowest BCUT2D eigenvalue weighted by molar-refractivity contribution is 0.579. The Kier molecular flexibility index (Phi) is 7.02. The van der Waals surface area contributed by atoms with Gasteiger partial charge in [-0.1, -0.05) is 44.0 Å². The second kappa shape index (κ2) is 7.75. The largest absolute Gasteiger partial charge is 0.165 e. The molecule has 0 heterocycles. The average Bonchev–Trinajstić information content (AvgIpc) is 2.24. The van der Waals surface area contributed by atoms with E-state index in [1.54, 1.807) is 0 Å². The van der Waals surface area contributed by atoms with Gasteiger partial charge in [-0.2, -0.15) is 11.8 Å². The number of hydrogen-bond donors (Lipinski definition) is 0. The van der Waals surface area contributed by atoms with Gasteiger partial charge in [0.1, 0.15) is 0 Å². The lowest BCUT2D eigenvalue weighted by Crippen LogP contribution is -2.07. The van der Waals surface area contributed by atoms with Crippen molar-refractivity contribution >= 4 is 43.6 Å². The molecule has 0 aliphatic heterocycles. The van der Waals surface area contributed by atoms with Crippen molar-refractivity contribution in [3.8, 4) is 0 Å². The average molecular weight is 352 g/mol. The summed E-state index contributed by atoms with van der Waals surface area (Å²) in [6.07, 6.45) is 4.63. The molecule has 0 saturated carbocycles. The minimum Gasteiger partial charge on any atom is -0.165 e. The van der Waals surface area contributed by atoms with E-state index < -0.39 is 0 Å². The molecule has 0 amide bonds. The standard InChI is InChI=1S/C12H16Br2S/c1-15-6-5-11(9-13)7-10-3-2-4-12(14)8-10/h2-4,8,11H,5-7,9H2,1H3. The smallest absolute Gasteiger partial charge is 0.0177 e. The van der Waals surface area contributed by atoms with E-state index in [1.165, 1.54) is 28.6 Å². The van der Waals surface area contributed by atoms with Crippen LogP contribution < -0.4 is 0 Å². The molecule has 1 aromatic rings. The van der Waals surface area contributed by atoms with E-state index >= 15 is 0 Å². The van der Waals surface area contributed by atoms with Crippen molar-refractivity contribution in [2.45, 2.75) is 12.8 Å². The Balaban J connectivity index is 2.50. The summed E-state index contributed by atoms with van der Waals surface area (Å²) in [5.74, 6) is 2.01. The van der Waals surface area contributed by atoms with E-state index in [0.717, 1.165) is 11.2 Å². The van der Waals surface area contributed by atoms with E-state index in [9.17, 15) is 0 Å². The SMILES string of the molecule is CSCCC(CBr)Cc1cccc(Br)c1. The molecule has 0 N–H and O–H groups in total. The van der Waals surface area contributed by atoms with Crippen molar-refractivity contribution in [3.05, 3.63) is 34.3 Å². The minimum atomic E-state index is 0.756. The maximum absolute atomic E-state index is 3.60. The van der Waals surface area contributed by atoms with Crippen molar-refractivity contribution in [2.75, 3.05) is 17.3 Å². The van der Waals surface area contributed by atoms with Gasteiger partial charge in [0.25, 0.3) is 0 Å². The summed E-state index contributed by atoms with van der Waals surface area (Å²) in [7, 11) is 0. The van der Waals surface area contributed by atoms with Crippen molar-refractivity contribution in [3.63, 3.8) is 0 Å². The molecule has 0 aliphatic rings. The zero-order chi connectivity index (χ0) is 11.1. The fraction of sp³-hybridized carbons (Fsp3) is 0.500. The molecule has 1 unspecified atom stereocenters. The highest BCUT2D eigenvalue weighted by Crippen LogP contribution is 2.19. The van der Waals surface area contributed by atoms with E-state index in [-0.39, 0.29) is 0 Å². The molecule has 0 bridgehead atoms. The minimum absolute atomic E-state index is 0.756. The fourth-order valence-corrected chi connectivity index (χ4v) is 3.08. The Morgan fingerprint density at radius 2 is 2.20 bits per heavy atom. The maximum atomic E-state index is 3.60. The van der Waals surface area contributed by atoms with Gasteiger partial charge in [0.05, 0.1) is 0 Å². The molecule has 0 radical (unpaired) electrons. The molecule has 84 valence electrons. The van der Waals surface area contributed by atoms with Crippen LogP contribution in [0.1, 0.15) is 12.0 Å². The van der Waals surface area contributed by atoms with Gasteiger partial charge in [-0.05, 0) is 48.5 Å². The van der Waals surface area contributed by atoms with Crippen molar-refractivity contribution < 1.29 is 0 Å². The van der Waals surface area contributed by atoms with E-state index in [2.05, 4.69) is 62.4 Å². The highest BCUT2D eigenvalue weighted by Gasteiger charge is 2.07. The first-order valence-corrected chi connectivity index (χ1v) is 8.36. The van der Waals surface area contributed by atoms with Gasteiger partial charge in [0.2, 0.25) is 0 Å². The Bertz CT molecular complexity index is 289. The van der Waals surface area contributed by atoms with Crippen molar-refractivity contribution in [1.29, 1.82) is 0 Å². The molecule has 0 spiro atoms. The topological polar surface area (TPSA) is 0 Å². The molecular formula is C12H16Br2S. The summed E-state index contributed by atoms with van der Waals surface area (Å²) < 4.78 is 1.18. The number of rotatable bonds is 6. The van der Waals surface area contributed by atoms with Gasteiger partial charge < -0.3 is 0 Å². The molecule has 0 saturated heterocycles. The molecule has 3 heteroatoms. The normalized spacial score (nSPS) is 12.7. The second-order valence-corrected chi connectivity index (χ2v) is 6.18. The van der Waals surface area contributed by atoms with Gasteiger partial charge in [-0.25, -0.2) is 0 Å². The Labute approximate surface area is 113 Å². The fourth-order valence-electron chi connectivity index (χ4n) is 1.52. The first-order valence-electron chi connectivity index (χ1n) is 5.05. The van der Waals surface area contributed by atoms with E-state index in [0.29, 0.717) is 0 Å². The Morgan fingerprint density at radius 1 is 1.40 bits per heavy atom. The van der Waals surface area contributed by atoms with Gasteiger partial charge in [-0.15, -0.1) is 0 Å². The van der Waals surface area contributed by atoms with Crippen LogP contribution in [-0.2, 0) is 6.42 Å². The van der Waals surface area contributed by atoms with Crippen LogP contribution in [0.15, 0.2) is 28.7 Å². The highest BCUT2D eigenvalue weighted by atomic mass is 79.9.